The molecule has 0 aromatic carbocycles. The maximum atomic E-state index is 11.5. The number of fused-ring (bicyclic) bond motifs is 1. The summed E-state index contributed by atoms with van der Waals surface area (Å²) in [5, 5.41) is 39.8. The molecule has 3 saturated carbocycles. The molecular formula is C33H52O7. The number of ether oxygens (including phenoxy) is 2. The van der Waals surface area contributed by atoms with Crippen LogP contribution in [0.5, 0.6) is 0 Å². The number of carboxylic acids is 1. The van der Waals surface area contributed by atoms with Gasteiger partial charge in [0.25, 0.3) is 0 Å². The van der Waals surface area contributed by atoms with E-state index < -0.39 is 36.7 Å². The quantitative estimate of drug-likeness (QED) is 0.293. The molecule has 4 rings (SSSR count). The van der Waals surface area contributed by atoms with Gasteiger partial charge in [0.05, 0.1) is 6.10 Å². The van der Waals surface area contributed by atoms with Crippen LogP contribution in [0.25, 0.3) is 0 Å². The number of rotatable bonds is 9. The Balaban J connectivity index is 1.42. The van der Waals surface area contributed by atoms with Gasteiger partial charge in [-0.1, -0.05) is 76.8 Å². The summed E-state index contributed by atoms with van der Waals surface area (Å²) in [6.07, 6.45) is 8.55. The van der Waals surface area contributed by atoms with Gasteiger partial charge in [-0.2, -0.15) is 0 Å². The Bertz CT molecular complexity index is 970. The Hall–Kier alpha value is -1.51. The van der Waals surface area contributed by atoms with Crippen LogP contribution in [0.4, 0.5) is 0 Å². The first-order chi connectivity index (χ1) is 18.9. The average Bonchev–Trinajstić information content (AvgIpc) is 3.26. The number of allylic oxidation sites excluding steroid dienone is 4. The third kappa shape index (κ3) is 6.75. The first-order valence-electron chi connectivity index (χ1n) is 15.6. The molecule has 0 bridgehead atoms. The molecule has 4 aliphatic rings. The second kappa shape index (κ2) is 13.2. The van der Waals surface area contributed by atoms with Crippen molar-refractivity contribution in [3.63, 3.8) is 0 Å². The van der Waals surface area contributed by atoms with E-state index in [-0.39, 0.29) is 6.10 Å². The molecule has 0 radical (unpaired) electrons. The lowest BCUT2D eigenvalue weighted by Crippen LogP contribution is -2.60. The van der Waals surface area contributed by atoms with Crippen molar-refractivity contribution in [1.29, 1.82) is 0 Å². The van der Waals surface area contributed by atoms with Crippen LogP contribution in [0.15, 0.2) is 35.5 Å². The van der Waals surface area contributed by atoms with Crippen molar-refractivity contribution in [2.75, 3.05) is 0 Å². The van der Waals surface area contributed by atoms with Crippen LogP contribution in [0, 0.1) is 29.1 Å². The molecule has 1 heterocycles. The van der Waals surface area contributed by atoms with Gasteiger partial charge < -0.3 is 29.9 Å². The number of aliphatic hydroxyl groups is 3. The van der Waals surface area contributed by atoms with E-state index >= 15 is 0 Å². The van der Waals surface area contributed by atoms with Gasteiger partial charge in [0.1, 0.15) is 18.3 Å². The first-order valence-corrected chi connectivity index (χ1v) is 15.6. The van der Waals surface area contributed by atoms with Crippen LogP contribution >= 0.6 is 0 Å². The molecule has 0 amide bonds. The van der Waals surface area contributed by atoms with Crippen LogP contribution in [0.1, 0.15) is 98.3 Å². The van der Waals surface area contributed by atoms with Gasteiger partial charge in [-0.3, -0.25) is 0 Å². The summed E-state index contributed by atoms with van der Waals surface area (Å²) in [5.74, 6) is 1.55. The van der Waals surface area contributed by atoms with E-state index in [1.54, 1.807) is 5.57 Å². The minimum Gasteiger partial charge on any atom is -0.479 e. The Kier molecular flexibility index (Phi) is 10.4. The van der Waals surface area contributed by atoms with E-state index in [0.29, 0.717) is 24.2 Å². The summed E-state index contributed by atoms with van der Waals surface area (Å²) in [5.41, 5.74) is 4.10. The molecular weight excluding hydrogens is 508 g/mol. The summed E-state index contributed by atoms with van der Waals surface area (Å²) < 4.78 is 11.3. The summed E-state index contributed by atoms with van der Waals surface area (Å²) in [7, 11) is 0. The zero-order valence-corrected chi connectivity index (χ0v) is 24.9. The molecule has 226 valence electrons. The fraction of sp³-hybridized carbons (Fsp3) is 0.788. The highest BCUT2D eigenvalue weighted by Crippen LogP contribution is 2.60. The van der Waals surface area contributed by atoms with Gasteiger partial charge in [0.2, 0.25) is 0 Å². The number of hydrogen-bond acceptors (Lipinski definition) is 6. The molecule has 7 nitrogen and oxygen atoms in total. The summed E-state index contributed by atoms with van der Waals surface area (Å²) in [4.78, 5) is 11.5. The van der Waals surface area contributed by atoms with Crippen molar-refractivity contribution >= 4 is 5.97 Å². The average molecular weight is 561 g/mol. The van der Waals surface area contributed by atoms with E-state index in [0.717, 1.165) is 41.7 Å². The van der Waals surface area contributed by atoms with Crippen LogP contribution in [-0.4, -0.2) is 63.2 Å². The van der Waals surface area contributed by atoms with Gasteiger partial charge in [-0.05, 0) is 86.0 Å². The summed E-state index contributed by atoms with van der Waals surface area (Å²) in [6, 6.07) is 0. The fourth-order valence-electron chi connectivity index (χ4n) is 8.11. The van der Waals surface area contributed by atoms with E-state index in [9.17, 15) is 25.2 Å². The lowest BCUT2D eigenvalue weighted by atomic mass is 9.60. The standard InChI is InChI=1S/C33H52O7/c1-19(2)8-6-9-21(4)25-15-16-26-22(10-7-17-33(25,26)5)12-13-23-18-24(14-11-20(23)3)39-32-29(36)27(34)28(35)30(40-32)31(37)38/h12-13,19,21,24-30,32,34-36H,3,6-11,14-18H2,1-2,4-5H3,(H,37,38)/b22-12+,23-13-/t21-,24+,25-,26+,27?,28?,29?,30?,32?,33-/m1/s1. The largest absolute Gasteiger partial charge is 0.479 e. The molecule has 1 aliphatic heterocycles. The van der Waals surface area contributed by atoms with Crippen LogP contribution in [0.3, 0.4) is 0 Å². The van der Waals surface area contributed by atoms with E-state index in [4.69, 9.17) is 9.47 Å². The van der Waals surface area contributed by atoms with Crippen molar-refractivity contribution < 1.29 is 34.7 Å². The Morgan fingerprint density at radius 1 is 1.07 bits per heavy atom. The monoisotopic (exact) mass is 560 g/mol. The predicted molar refractivity (Wildman–Crippen MR) is 154 cm³/mol. The van der Waals surface area contributed by atoms with Crippen LogP contribution < -0.4 is 0 Å². The predicted octanol–water partition coefficient (Wildman–Crippen LogP) is 5.54. The van der Waals surface area contributed by atoms with Gasteiger partial charge in [0, 0.05) is 0 Å². The Morgan fingerprint density at radius 3 is 2.52 bits per heavy atom. The van der Waals surface area contributed by atoms with E-state index in [1.165, 1.54) is 44.9 Å². The van der Waals surface area contributed by atoms with Crippen molar-refractivity contribution in [2.24, 2.45) is 29.1 Å². The zero-order valence-electron chi connectivity index (χ0n) is 24.9. The maximum absolute atomic E-state index is 11.5. The Labute approximate surface area is 240 Å². The van der Waals surface area contributed by atoms with E-state index in [2.05, 4.69) is 46.4 Å². The minimum atomic E-state index is -1.72. The molecule has 5 unspecified atom stereocenters. The third-order valence-electron chi connectivity index (χ3n) is 10.5. The highest BCUT2D eigenvalue weighted by Gasteiger charge is 2.51. The molecule has 0 aromatic rings. The highest BCUT2D eigenvalue weighted by atomic mass is 16.7. The van der Waals surface area contributed by atoms with Gasteiger partial charge in [0.15, 0.2) is 12.4 Å². The van der Waals surface area contributed by atoms with Crippen LogP contribution in [0.2, 0.25) is 0 Å². The highest BCUT2D eigenvalue weighted by molar-refractivity contribution is 5.73. The third-order valence-corrected chi connectivity index (χ3v) is 10.5. The topological polar surface area (TPSA) is 116 Å². The smallest absolute Gasteiger partial charge is 0.335 e. The molecule has 7 heteroatoms. The van der Waals surface area contributed by atoms with Crippen molar-refractivity contribution in [3.8, 4) is 0 Å². The number of carbonyl (C=O) groups is 1. The number of aliphatic carboxylic acids is 1. The second-order valence-corrected chi connectivity index (χ2v) is 13.7. The SMILES string of the molecule is C=C1CC[C@H](OC2OC(C(=O)O)C(O)C(O)C2O)C/C1=C/C=C1\CCC[C@]2(C)[C@@H]([C@H](C)CCCC(C)C)CC[C@@H]12. The number of hydrogen-bond donors (Lipinski definition) is 4. The van der Waals surface area contributed by atoms with Crippen molar-refractivity contribution in [3.05, 3.63) is 35.5 Å². The number of carboxylic acid groups (broad SMARTS) is 1. The van der Waals surface area contributed by atoms with Gasteiger partial charge in [-0.15, -0.1) is 0 Å². The minimum absolute atomic E-state index is 0.314. The Morgan fingerprint density at radius 2 is 1.82 bits per heavy atom. The normalized spacial score (nSPS) is 41.5. The first kappa shape index (κ1) is 31.4. The molecule has 0 aromatic heterocycles. The number of aliphatic hydroxyl groups excluding tert-OH is 3. The molecule has 40 heavy (non-hydrogen) atoms. The van der Waals surface area contributed by atoms with Crippen molar-refractivity contribution in [2.45, 2.75) is 135 Å². The summed E-state index contributed by atoms with van der Waals surface area (Å²) >= 11 is 0. The maximum Gasteiger partial charge on any atom is 0.335 e. The lowest BCUT2D eigenvalue weighted by molar-refractivity contribution is -0.304. The van der Waals surface area contributed by atoms with Gasteiger partial charge in [-0.25, -0.2) is 4.79 Å². The molecule has 4 fully saturated rings. The van der Waals surface area contributed by atoms with Crippen molar-refractivity contribution in [1.82, 2.24) is 0 Å². The van der Waals surface area contributed by atoms with E-state index in [1.807, 2.05) is 0 Å². The molecule has 3 aliphatic carbocycles. The molecule has 4 N–H and O–H groups in total. The molecule has 10 atom stereocenters. The molecule has 1 saturated heterocycles. The summed E-state index contributed by atoms with van der Waals surface area (Å²) in [6.45, 7) is 13.9. The lowest BCUT2D eigenvalue weighted by Gasteiger charge is -2.44. The fourth-order valence-corrected chi connectivity index (χ4v) is 8.11. The second-order valence-electron chi connectivity index (χ2n) is 13.7. The zero-order chi connectivity index (χ0) is 29.2. The van der Waals surface area contributed by atoms with Gasteiger partial charge >= 0.3 is 5.97 Å². The molecule has 0 spiro atoms. The van der Waals surface area contributed by atoms with Crippen LogP contribution in [-0.2, 0) is 14.3 Å².